The van der Waals surface area contributed by atoms with Crippen LogP contribution in [0.4, 0.5) is 11.4 Å². The average molecular weight is 397 g/mol. The number of hydrogen-bond donors (Lipinski definition) is 2. The highest BCUT2D eigenvalue weighted by Gasteiger charge is 2.20. The van der Waals surface area contributed by atoms with Crippen LogP contribution in [0.1, 0.15) is 12.8 Å². The Morgan fingerprint density at radius 2 is 1.92 bits per heavy atom. The maximum atomic E-state index is 12.6. The molecule has 1 atom stereocenters. The van der Waals surface area contributed by atoms with Gasteiger partial charge < -0.3 is 14.8 Å². The summed E-state index contributed by atoms with van der Waals surface area (Å²) in [5, 5.41) is 3.61. The lowest BCUT2D eigenvalue weighted by Gasteiger charge is -2.14. The fourth-order valence-electron chi connectivity index (χ4n) is 2.76. The molecule has 8 heteroatoms. The van der Waals surface area contributed by atoms with E-state index in [1.165, 1.54) is 19.2 Å². The average Bonchev–Trinajstić information content (AvgIpc) is 3.14. The van der Waals surface area contributed by atoms with Gasteiger partial charge in [-0.1, -0.05) is 11.6 Å². The zero-order valence-electron chi connectivity index (χ0n) is 14.4. The second-order valence-corrected chi connectivity index (χ2v) is 8.08. The summed E-state index contributed by atoms with van der Waals surface area (Å²) >= 11 is 5.93. The molecule has 1 unspecified atom stereocenters. The van der Waals surface area contributed by atoms with Crippen molar-refractivity contribution in [3.05, 3.63) is 47.5 Å². The topological polar surface area (TPSA) is 76.7 Å². The maximum absolute atomic E-state index is 12.6. The van der Waals surface area contributed by atoms with E-state index in [0.29, 0.717) is 10.7 Å². The fraction of sp³-hybridized carbons (Fsp3) is 0.333. The van der Waals surface area contributed by atoms with Crippen molar-refractivity contribution >= 4 is 33.0 Å². The summed E-state index contributed by atoms with van der Waals surface area (Å²) in [5.41, 5.74) is 1.36. The van der Waals surface area contributed by atoms with Crippen LogP contribution in [0.15, 0.2) is 47.4 Å². The molecule has 1 saturated heterocycles. The van der Waals surface area contributed by atoms with E-state index < -0.39 is 10.0 Å². The third kappa shape index (κ3) is 4.60. The van der Waals surface area contributed by atoms with Gasteiger partial charge in [-0.25, -0.2) is 8.42 Å². The molecule has 0 saturated carbocycles. The van der Waals surface area contributed by atoms with Gasteiger partial charge in [0.1, 0.15) is 10.6 Å². The van der Waals surface area contributed by atoms with Crippen LogP contribution in [-0.2, 0) is 14.8 Å². The predicted octanol–water partition coefficient (Wildman–Crippen LogP) is 3.74. The Kier molecular flexibility index (Phi) is 5.90. The number of hydrogen-bond acceptors (Lipinski definition) is 5. The highest BCUT2D eigenvalue weighted by Crippen LogP contribution is 2.29. The van der Waals surface area contributed by atoms with Crippen molar-refractivity contribution < 1.29 is 17.9 Å². The number of methoxy groups -OCH3 is 1. The molecule has 2 N–H and O–H groups in total. The van der Waals surface area contributed by atoms with Crippen molar-refractivity contribution in [1.82, 2.24) is 0 Å². The molecule has 1 aliphatic rings. The van der Waals surface area contributed by atoms with E-state index in [0.717, 1.165) is 31.7 Å². The summed E-state index contributed by atoms with van der Waals surface area (Å²) in [7, 11) is -2.40. The van der Waals surface area contributed by atoms with Crippen LogP contribution in [0.5, 0.6) is 5.75 Å². The minimum Gasteiger partial charge on any atom is -0.495 e. The Labute approximate surface area is 158 Å². The van der Waals surface area contributed by atoms with Gasteiger partial charge in [-0.3, -0.25) is 4.72 Å². The first-order chi connectivity index (χ1) is 12.5. The molecule has 3 rings (SSSR count). The fourth-order valence-corrected chi connectivity index (χ4v) is 4.26. The van der Waals surface area contributed by atoms with Crippen molar-refractivity contribution in [1.29, 1.82) is 0 Å². The van der Waals surface area contributed by atoms with Gasteiger partial charge in [0.05, 0.1) is 13.2 Å². The molecule has 1 aliphatic heterocycles. The lowest BCUT2D eigenvalue weighted by atomic mass is 10.2. The Morgan fingerprint density at radius 1 is 1.19 bits per heavy atom. The van der Waals surface area contributed by atoms with Crippen LogP contribution in [0, 0.1) is 0 Å². The summed E-state index contributed by atoms with van der Waals surface area (Å²) in [6, 6.07) is 11.5. The van der Waals surface area contributed by atoms with Gasteiger partial charge in [0.2, 0.25) is 0 Å². The molecule has 1 fully saturated rings. The van der Waals surface area contributed by atoms with Crippen molar-refractivity contribution in [2.45, 2.75) is 23.8 Å². The maximum Gasteiger partial charge on any atom is 0.265 e. The highest BCUT2D eigenvalue weighted by molar-refractivity contribution is 7.92. The van der Waals surface area contributed by atoms with E-state index in [9.17, 15) is 8.42 Å². The molecule has 0 aromatic heterocycles. The third-order valence-corrected chi connectivity index (χ3v) is 5.75. The van der Waals surface area contributed by atoms with Crippen molar-refractivity contribution in [2.24, 2.45) is 0 Å². The minimum atomic E-state index is -3.82. The molecule has 1 heterocycles. The van der Waals surface area contributed by atoms with E-state index in [4.69, 9.17) is 21.1 Å². The molecule has 0 radical (unpaired) electrons. The molecule has 2 aromatic rings. The molecule has 0 bridgehead atoms. The molecule has 0 amide bonds. The van der Waals surface area contributed by atoms with Crippen molar-refractivity contribution in [2.75, 3.05) is 30.3 Å². The van der Waals surface area contributed by atoms with Gasteiger partial charge in [0.15, 0.2) is 0 Å². The van der Waals surface area contributed by atoms with Gasteiger partial charge in [0, 0.05) is 29.5 Å². The first-order valence-electron chi connectivity index (χ1n) is 8.30. The quantitative estimate of drug-likeness (QED) is 0.745. The Balaban J connectivity index is 1.68. The lowest BCUT2D eigenvalue weighted by Crippen LogP contribution is -2.18. The monoisotopic (exact) mass is 396 g/mol. The van der Waals surface area contributed by atoms with Crippen LogP contribution in [0.3, 0.4) is 0 Å². The van der Waals surface area contributed by atoms with Gasteiger partial charge >= 0.3 is 0 Å². The SMILES string of the molecule is COc1ccc(Cl)cc1S(=O)(=O)Nc1ccc(NCC2CCCO2)cc1. The normalized spacial score (nSPS) is 17.1. The lowest BCUT2D eigenvalue weighted by molar-refractivity contribution is 0.120. The van der Waals surface area contributed by atoms with Crippen LogP contribution in [0.2, 0.25) is 5.02 Å². The number of anilines is 2. The number of sulfonamides is 1. The molecule has 6 nitrogen and oxygen atoms in total. The van der Waals surface area contributed by atoms with Crippen molar-refractivity contribution in [3.8, 4) is 5.75 Å². The van der Waals surface area contributed by atoms with Gasteiger partial charge in [-0.2, -0.15) is 0 Å². The second kappa shape index (κ2) is 8.16. The van der Waals surface area contributed by atoms with E-state index in [-0.39, 0.29) is 16.7 Å². The second-order valence-electron chi connectivity index (χ2n) is 5.99. The van der Waals surface area contributed by atoms with Crippen molar-refractivity contribution in [3.63, 3.8) is 0 Å². The Morgan fingerprint density at radius 3 is 2.58 bits per heavy atom. The smallest absolute Gasteiger partial charge is 0.265 e. The highest BCUT2D eigenvalue weighted by atomic mass is 35.5. The number of ether oxygens (including phenoxy) is 2. The summed E-state index contributed by atoms with van der Waals surface area (Å²) < 4.78 is 38.5. The summed E-state index contributed by atoms with van der Waals surface area (Å²) in [6.45, 7) is 1.56. The van der Waals surface area contributed by atoms with Crippen LogP contribution in [0.25, 0.3) is 0 Å². The first kappa shape index (κ1) is 18.8. The number of benzene rings is 2. The Bertz CT molecular complexity index is 850. The van der Waals surface area contributed by atoms with Gasteiger partial charge in [-0.15, -0.1) is 0 Å². The molecule has 26 heavy (non-hydrogen) atoms. The predicted molar refractivity (Wildman–Crippen MR) is 103 cm³/mol. The standard InChI is InChI=1S/C18H21ClN2O4S/c1-24-17-9-4-13(19)11-18(17)26(22,23)21-15-7-5-14(6-8-15)20-12-16-3-2-10-25-16/h4-9,11,16,20-21H,2-3,10,12H2,1H3. The number of nitrogens with one attached hydrogen (secondary N) is 2. The van der Waals surface area contributed by atoms with E-state index in [1.807, 2.05) is 12.1 Å². The molecule has 2 aromatic carbocycles. The van der Waals surface area contributed by atoms with Crippen LogP contribution < -0.4 is 14.8 Å². The number of halogens is 1. The molecule has 140 valence electrons. The van der Waals surface area contributed by atoms with Gasteiger partial charge in [0.25, 0.3) is 10.0 Å². The van der Waals surface area contributed by atoms with Crippen LogP contribution in [-0.4, -0.2) is 34.8 Å². The van der Waals surface area contributed by atoms with Gasteiger partial charge in [-0.05, 0) is 55.3 Å². The zero-order valence-corrected chi connectivity index (χ0v) is 15.9. The molecular weight excluding hydrogens is 376 g/mol. The number of rotatable bonds is 7. The largest absolute Gasteiger partial charge is 0.495 e. The minimum absolute atomic E-state index is 0.00640. The Hall–Kier alpha value is -1.96. The van der Waals surface area contributed by atoms with E-state index in [2.05, 4.69) is 10.0 Å². The van der Waals surface area contributed by atoms with E-state index in [1.54, 1.807) is 18.2 Å². The van der Waals surface area contributed by atoms with E-state index >= 15 is 0 Å². The van der Waals surface area contributed by atoms with Crippen LogP contribution >= 0.6 is 11.6 Å². The summed E-state index contributed by atoms with van der Waals surface area (Å²) in [5.74, 6) is 0.233. The summed E-state index contributed by atoms with van der Waals surface area (Å²) in [4.78, 5) is -0.00640. The molecule has 0 aliphatic carbocycles. The first-order valence-corrected chi connectivity index (χ1v) is 10.2. The molecular formula is C18H21ClN2O4S. The zero-order chi connectivity index (χ0) is 18.6. The summed E-state index contributed by atoms with van der Waals surface area (Å²) in [6.07, 6.45) is 2.40. The molecule has 0 spiro atoms. The third-order valence-electron chi connectivity index (χ3n) is 4.11.